The van der Waals surface area contributed by atoms with Gasteiger partial charge in [-0.1, -0.05) is 29.8 Å². The second kappa shape index (κ2) is 7.68. The van der Waals surface area contributed by atoms with Gasteiger partial charge in [0.25, 0.3) is 5.56 Å². The molecule has 0 amide bonds. The summed E-state index contributed by atoms with van der Waals surface area (Å²) in [5.41, 5.74) is 2.37. The van der Waals surface area contributed by atoms with E-state index in [9.17, 15) is 4.79 Å². The minimum absolute atomic E-state index is 0.124. The number of nitrogens with one attached hydrogen (secondary N) is 1. The summed E-state index contributed by atoms with van der Waals surface area (Å²) in [6.07, 6.45) is 1.60. The Morgan fingerprint density at radius 3 is 3.00 bits per heavy atom. The molecule has 0 aliphatic carbocycles. The van der Waals surface area contributed by atoms with E-state index in [1.54, 1.807) is 31.5 Å². The summed E-state index contributed by atoms with van der Waals surface area (Å²) in [6, 6.07) is 13.3. The van der Waals surface area contributed by atoms with Crippen LogP contribution in [0.5, 0.6) is 5.75 Å². The van der Waals surface area contributed by atoms with Gasteiger partial charge in [-0.25, -0.2) is 4.98 Å². The number of methoxy groups -OCH3 is 1. The Kier molecular flexibility index (Phi) is 5.11. The fraction of sp³-hybridized carbons (Fsp3) is 0.300. The lowest BCUT2D eigenvalue weighted by atomic mass is 10.0. The lowest BCUT2D eigenvalue weighted by Crippen LogP contribution is -2.45. The van der Waals surface area contributed by atoms with E-state index in [4.69, 9.17) is 16.3 Å². The Hall–Kier alpha value is -2.41. The van der Waals surface area contributed by atoms with Crippen LogP contribution in [0.15, 0.2) is 53.5 Å². The highest BCUT2D eigenvalue weighted by Crippen LogP contribution is 2.30. The van der Waals surface area contributed by atoms with Crippen LogP contribution >= 0.6 is 11.6 Å². The highest BCUT2D eigenvalue weighted by atomic mass is 35.5. The molecule has 3 heterocycles. The summed E-state index contributed by atoms with van der Waals surface area (Å²) < 4.78 is 7.02. The Bertz CT molecular complexity index is 1020. The van der Waals surface area contributed by atoms with E-state index in [2.05, 4.69) is 21.3 Å². The SMILES string of the molecule is COc1ccccc1C1CNCCN1Cc1cc(=O)n2cc(Cl)ccc2n1. The van der Waals surface area contributed by atoms with E-state index < -0.39 is 0 Å². The Morgan fingerprint density at radius 2 is 2.15 bits per heavy atom. The predicted octanol–water partition coefficient (Wildman–Crippen LogP) is 2.50. The van der Waals surface area contributed by atoms with Gasteiger partial charge in [0.1, 0.15) is 11.4 Å². The van der Waals surface area contributed by atoms with Crippen LogP contribution in [0, 0.1) is 0 Å². The zero-order chi connectivity index (χ0) is 18.8. The first-order chi connectivity index (χ1) is 13.2. The van der Waals surface area contributed by atoms with Gasteiger partial charge in [0, 0.05) is 44.0 Å². The second-order valence-corrected chi connectivity index (χ2v) is 7.03. The molecule has 1 aliphatic heterocycles. The molecular formula is C20H21ClN4O2. The van der Waals surface area contributed by atoms with Crippen LogP contribution in [0.1, 0.15) is 17.3 Å². The largest absolute Gasteiger partial charge is 0.496 e. The van der Waals surface area contributed by atoms with Gasteiger partial charge < -0.3 is 10.1 Å². The van der Waals surface area contributed by atoms with Crippen LogP contribution in [0.2, 0.25) is 5.02 Å². The molecule has 0 spiro atoms. The van der Waals surface area contributed by atoms with Crippen molar-refractivity contribution in [2.75, 3.05) is 26.7 Å². The van der Waals surface area contributed by atoms with Crippen LogP contribution in [0.25, 0.3) is 5.65 Å². The van der Waals surface area contributed by atoms with Crippen molar-refractivity contribution in [2.45, 2.75) is 12.6 Å². The van der Waals surface area contributed by atoms with Crippen LogP contribution in [0.4, 0.5) is 0 Å². The van der Waals surface area contributed by atoms with E-state index in [-0.39, 0.29) is 11.6 Å². The molecule has 1 aromatic carbocycles. The van der Waals surface area contributed by atoms with Gasteiger partial charge in [0.15, 0.2) is 0 Å². The second-order valence-electron chi connectivity index (χ2n) is 6.59. The number of nitrogens with zero attached hydrogens (tertiary/aromatic N) is 3. The molecular weight excluding hydrogens is 364 g/mol. The molecule has 1 saturated heterocycles. The number of benzene rings is 1. The molecule has 0 radical (unpaired) electrons. The fourth-order valence-corrected chi connectivity index (χ4v) is 3.76. The number of aromatic nitrogens is 2. The van der Waals surface area contributed by atoms with Crippen molar-refractivity contribution in [3.63, 3.8) is 0 Å². The van der Waals surface area contributed by atoms with E-state index in [1.807, 2.05) is 18.2 Å². The Morgan fingerprint density at radius 1 is 1.30 bits per heavy atom. The van der Waals surface area contributed by atoms with Gasteiger partial charge in [0.2, 0.25) is 0 Å². The van der Waals surface area contributed by atoms with Gasteiger partial charge in [0.05, 0.1) is 23.9 Å². The first kappa shape index (κ1) is 18.0. The molecule has 27 heavy (non-hydrogen) atoms. The predicted molar refractivity (Wildman–Crippen MR) is 105 cm³/mol. The third kappa shape index (κ3) is 3.69. The number of piperazine rings is 1. The highest BCUT2D eigenvalue weighted by molar-refractivity contribution is 6.30. The third-order valence-corrected chi connectivity index (χ3v) is 5.12. The molecule has 4 rings (SSSR count). The minimum Gasteiger partial charge on any atom is -0.496 e. The summed E-state index contributed by atoms with van der Waals surface area (Å²) >= 11 is 5.99. The van der Waals surface area contributed by atoms with Gasteiger partial charge in [-0.2, -0.15) is 0 Å². The molecule has 140 valence electrons. The summed E-state index contributed by atoms with van der Waals surface area (Å²) in [6.45, 7) is 3.18. The maximum absolute atomic E-state index is 12.5. The number of hydrogen-bond acceptors (Lipinski definition) is 5. The molecule has 0 saturated carbocycles. The van der Waals surface area contributed by atoms with Crippen molar-refractivity contribution in [3.05, 3.63) is 75.3 Å². The molecule has 3 aromatic rings. The summed E-state index contributed by atoms with van der Waals surface area (Å²) in [5, 5.41) is 3.96. The fourth-order valence-electron chi connectivity index (χ4n) is 3.60. The van der Waals surface area contributed by atoms with Gasteiger partial charge in [-0.05, 0) is 18.2 Å². The van der Waals surface area contributed by atoms with Gasteiger partial charge in [-0.3, -0.25) is 14.1 Å². The molecule has 1 N–H and O–H groups in total. The molecule has 1 unspecified atom stereocenters. The molecule has 1 fully saturated rings. The lowest BCUT2D eigenvalue weighted by molar-refractivity contribution is 0.149. The number of ether oxygens (including phenoxy) is 1. The zero-order valence-corrected chi connectivity index (χ0v) is 15.8. The first-order valence-electron chi connectivity index (χ1n) is 8.91. The summed E-state index contributed by atoms with van der Waals surface area (Å²) in [5.74, 6) is 0.873. The third-order valence-electron chi connectivity index (χ3n) is 4.89. The van der Waals surface area contributed by atoms with Crippen molar-refractivity contribution >= 4 is 17.2 Å². The first-order valence-corrected chi connectivity index (χ1v) is 9.29. The van der Waals surface area contributed by atoms with Crippen molar-refractivity contribution < 1.29 is 4.74 Å². The summed E-state index contributed by atoms with van der Waals surface area (Å²) in [7, 11) is 1.69. The maximum Gasteiger partial charge on any atom is 0.258 e. The number of para-hydroxylation sites is 1. The quantitative estimate of drug-likeness (QED) is 0.749. The number of rotatable bonds is 4. The van der Waals surface area contributed by atoms with Crippen molar-refractivity contribution in [1.82, 2.24) is 19.6 Å². The average Bonchev–Trinajstić information content (AvgIpc) is 2.69. The molecule has 1 atom stereocenters. The number of fused-ring (bicyclic) bond motifs is 1. The van der Waals surface area contributed by atoms with Crippen LogP contribution in [-0.4, -0.2) is 41.0 Å². The lowest BCUT2D eigenvalue weighted by Gasteiger charge is -2.36. The Labute approximate surface area is 162 Å². The standard InChI is InChI=1S/C20H21ClN4O2/c1-27-18-5-3-2-4-16(18)17-11-22-8-9-24(17)13-15-10-20(26)25-12-14(21)6-7-19(25)23-15/h2-7,10,12,17,22H,8-9,11,13H2,1H3. The van der Waals surface area contributed by atoms with Gasteiger partial charge >= 0.3 is 0 Å². The molecule has 7 heteroatoms. The molecule has 6 nitrogen and oxygen atoms in total. The van der Waals surface area contributed by atoms with Gasteiger partial charge in [-0.15, -0.1) is 0 Å². The highest BCUT2D eigenvalue weighted by Gasteiger charge is 2.26. The van der Waals surface area contributed by atoms with E-state index in [0.717, 1.165) is 36.6 Å². The normalized spacial score (nSPS) is 17.9. The number of pyridine rings is 1. The van der Waals surface area contributed by atoms with Crippen LogP contribution in [-0.2, 0) is 6.54 Å². The minimum atomic E-state index is -0.124. The number of halogens is 1. The smallest absolute Gasteiger partial charge is 0.258 e. The average molecular weight is 385 g/mol. The summed E-state index contributed by atoms with van der Waals surface area (Å²) in [4.78, 5) is 19.4. The van der Waals surface area contributed by atoms with Crippen LogP contribution < -0.4 is 15.6 Å². The molecule has 0 bridgehead atoms. The molecule has 2 aromatic heterocycles. The van der Waals surface area contributed by atoms with E-state index in [1.165, 1.54) is 4.40 Å². The topological polar surface area (TPSA) is 58.9 Å². The van der Waals surface area contributed by atoms with E-state index >= 15 is 0 Å². The number of hydrogen-bond donors (Lipinski definition) is 1. The van der Waals surface area contributed by atoms with Crippen LogP contribution in [0.3, 0.4) is 0 Å². The van der Waals surface area contributed by atoms with Crippen molar-refractivity contribution in [1.29, 1.82) is 0 Å². The van der Waals surface area contributed by atoms with Crippen molar-refractivity contribution in [2.24, 2.45) is 0 Å². The van der Waals surface area contributed by atoms with E-state index in [0.29, 0.717) is 17.2 Å². The van der Waals surface area contributed by atoms with Crippen molar-refractivity contribution in [3.8, 4) is 5.75 Å². The zero-order valence-electron chi connectivity index (χ0n) is 15.1. The monoisotopic (exact) mass is 384 g/mol. The molecule has 1 aliphatic rings. The maximum atomic E-state index is 12.5. The Balaban J connectivity index is 1.66.